The quantitative estimate of drug-likeness (QED) is 0.322. The van der Waals surface area contributed by atoms with E-state index in [9.17, 15) is 9.59 Å². The molecule has 0 aliphatic carbocycles. The Bertz CT molecular complexity index is 1380. The Morgan fingerprint density at radius 3 is 2.58 bits per heavy atom. The Labute approximate surface area is 199 Å². The van der Waals surface area contributed by atoms with Gasteiger partial charge in [0.1, 0.15) is 4.83 Å². The maximum atomic E-state index is 12.6. The number of aryl methyl sites for hydroxylation is 1. The molecule has 4 rings (SSSR count). The molecule has 3 N–H and O–H groups in total. The summed E-state index contributed by atoms with van der Waals surface area (Å²) >= 11 is 2.72. The minimum atomic E-state index is -0.475. The van der Waals surface area contributed by atoms with Gasteiger partial charge in [0, 0.05) is 29.9 Å². The minimum absolute atomic E-state index is 0.250. The largest absolute Gasteiger partial charge is 0.365 e. The van der Waals surface area contributed by atoms with Crippen LogP contribution in [0.1, 0.15) is 46.4 Å². The summed E-state index contributed by atoms with van der Waals surface area (Å²) in [5.74, 6) is -0.725. The number of nitrogens with zero attached hydrogens (tertiary/aromatic N) is 4. The van der Waals surface area contributed by atoms with Crippen LogP contribution in [0.25, 0.3) is 21.5 Å². The van der Waals surface area contributed by atoms with E-state index in [0.29, 0.717) is 31.8 Å². The molecular formula is C23H24N6O2S2. The molecule has 0 aliphatic heterocycles. The first-order valence-electron chi connectivity index (χ1n) is 10.2. The highest BCUT2D eigenvalue weighted by atomic mass is 32.2. The highest BCUT2D eigenvalue weighted by Gasteiger charge is 2.30. The van der Waals surface area contributed by atoms with Crippen molar-refractivity contribution in [2.75, 3.05) is 11.6 Å². The predicted molar refractivity (Wildman–Crippen MR) is 133 cm³/mol. The monoisotopic (exact) mass is 480 g/mol. The van der Waals surface area contributed by atoms with Gasteiger partial charge in [0.25, 0.3) is 11.8 Å². The molecule has 0 radical (unpaired) electrons. The summed E-state index contributed by atoms with van der Waals surface area (Å²) in [5.41, 5.74) is 8.82. The van der Waals surface area contributed by atoms with Crippen molar-refractivity contribution in [3.8, 4) is 11.3 Å². The molecule has 0 unspecified atom stereocenters. The first kappa shape index (κ1) is 22.9. The highest BCUT2D eigenvalue weighted by Crippen LogP contribution is 2.43. The number of thiophene rings is 1. The topological polar surface area (TPSA) is 116 Å². The van der Waals surface area contributed by atoms with Crippen LogP contribution in [0.15, 0.2) is 41.8 Å². The van der Waals surface area contributed by atoms with E-state index in [-0.39, 0.29) is 11.3 Å². The van der Waals surface area contributed by atoms with Crippen LogP contribution < -0.4 is 11.1 Å². The summed E-state index contributed by atoms with van der Waals surface area (Å²) in [6.07, 6.45) is 5.08. The number of rotatable bonds is 5. The average Bonchev–Trinajstić information content (AvgIpc) is 3.37. The number of primary amides is 1. The van der Waals surface area contributed by atoms with Crippen molar-refractivity contribution in [1.82, 2.24) is 19.7 Å². The van der Waals surface area contributed by atoms with Crippen molar-refractivity contribution >= 4 is 50.8 Å². The van der Waals surface area contributed by atoms with Crippen LogP contribution in [0.5, 0.6) is 0 Å². The van der Waals surface area contributed by atoms with Crippen LogP contribution in [0.3, 0.4) is 0 Å². The normalized spacial score (nSPS) is 11.7. The third-order valence-electron chi connectivity index (χ3n) is 5.05. The molecule has 1 aromatic carbocycles. The number of carbonyl (C=O) groups is 2. The molecule has 4 aromatic rings. The number of nitrogens with two attached hydrogens (primary N) is 1. The molecule has 0 bridgehead atoms. The number of fused-ring (bicyclic) bond motifs is 1. The third-order valence-corrected chi connectivity index (χ3v) is 6.69. The lowest BCUT2D eigenvalue weighted by Crippen LogP contribution is -2.19. The van der Waals surface area contributed by atoms with Gasteiger partial charge in [-0.15, -0.1) is 11.3 Å². The van der Waals surface area contributed by atoms with Crippen LogP contribution in [-0.2, 0) is 12.5 Å². The summed E-state index contributed by atoms with van der Waals surface area (Å²) in [5, 5.41) is 8.37. The van der Waals surface area contributed by atoms with Crippen molar-refractivity contribution in [1.29, 1.82) is 0 Å². The minimum Gasteiger partial charge on any atom is -0.365 e. The van der Waals surface area contributed by atoms with Gasteiger partial charge in [-0.25, -0.2) is 9.97 Å². The summed E-state index contributed by atoms with van der Waals surface area (Å²) in [4.78, 5) is 35.5. The average molecular weight is 481 g/mol. The Hall–Kier alpha value is -3.24. The summed E-state index contributed by atoms with van der Waals surface area (Å²) in [7, 11) is 1.76. The summed E-state index contributed by atoms with van der Waals surface area (Å²) in [6, 6.07) is 7.48. The zero-order valence-corrected chi connectivity index (χ0v) is 20.6. The number of nitrogens with one attached hydrogen (secondary N) is 1. The molecule has 10 heteroatoms. The van der Waals surface area contributed by atoms with Crippen molar-refractivity contribution < 1.29 is 9.59 Å². The molecule has 0 spiro atoms. The number of aromatic nitrogens is 4. The van der Waals surface area contributed by atoms with Crippen LogP contribution in [-0.4, -0.2) is 37.8 Å². The second-order valence-corrected chi connectivity index (χ2v) is 10.4. The van der Waals surface area contributed by atoms with Crippen molar-refractivity contribution in [2.45, 2.75) is 31.3 Å². The van der Waals surface area contributed by atoms with Gasteiger partial charge in [0.2, 0.25) is 0 Å². The van der Waals surface area contributed by atoms with E-state index < -0.39 is 5.91 Å². The van der Waals surface area contributed by atoms with Gasteiger partial charge in [-0.05, 0) is 29.4 Å². The fourth-order valence-corrected chi connectivity index (χ4v) is 5.32. The van der Waals surface area contributed by atoms with Gasteiger partial charge in [-0.1, -0.05) is 44.7 Å². The third kappa shape index (κ3) is 4.49. The van der Waals surface area contributed by atoms with Crippen LogP contribution in [0, 0.1) is 0 Å². The number of carbonyl (C=O) groups excluding carboxylic acids is 2. The molecule has 0 aliphatic rings. The predicted octanol–water partition coefficient (Wildman–Crippen LogP) is 4.46. The maximum Gasteiger partial charge on any atom is 0.259 e. The molecule has 0 fully saturated rings. The van der Waals surface area contributed by atoms with Gasteiger partial charge in [-0.2, -0.15) is 5.10 Å². The SMILES string of the molecule is CSc1nc(-c2cccc(NC(=O)c3cnn(C)c3)c2)c2c(C(C)(C)C)c(C(N)=O)sc2n1. The number of benzene rings is 1. The van der Waals surface area contributed by atoms with Crippen LogP contribution in [0.4, 0.5) is 5.69 Å². The molecule has 3 aromatic heterocycles. The lowest BCUT2D eigenvalue weighted by atomic mass is 9.84. The van der Waals surface area contributed by atoms with Gasteiger partial charge >= 0.3 is 0 Å². The number of amides is 2. The zero-order valence-electron chi connectivity index (χ0n) is 19.0. The zero-order chi connectivity index (χ0) is 23.9. The van der Waals surface area contributed by atoms with Gasteiger partial charge in [-0.3, -0.25) is 14.3 Å². The number of thioether (sulfide) groups is 1. The van der Waals surface area contributed by atoms with Gasteiger partial charge in [0.15, 0.2) is 5.16 Å². The lowest BCUT2D eigenvalue weighted by molar-refractivity contribution is 0.0999. The standard InChI is InChI=1S/C23H24N6O2S2/c1-23(2,3)16-15-17(27-22(32-5)28-21(15)33-18(16)19(24)30)12-7-6-8-14(9-12)26-20(31)13-10-25-29(4)11-13/h6-11H,1-5H3,(H2,24,30)(H,26,31). The van der Waals surface area contributed by atoms with Crippen molar-refractivity contribution in [3.63, 3.8) is 0 Å². The van der Waals surface area contributed by atoms with E-state index in [4.69, 9.17) is 10.7 Å². The number of hydrogen-bond donors (Lipinski definition) is 2. The molecule has 33 heavy (non-hydrogen) atoms. The molecule has 0 atom stereocenters. The Kier molecular flexibility index (Phi) is 5.98. The maximum absolute atomic E-state index is 12.6. The molecule has 8 nitrogen and oxygen atoms in total. The Morgan fingerprint density at radius 2 is 1.97 bits per heavy atom. The van der Waals surface area contributed by atoms with Gasteiger partial charge in [0.05, 0.1) is 22.3 Å². The second-order valence-electron chi connectivity index (χ2n) is 8.60. The molecule has 0 saturated heterocycles. The first-order chi connectivity index (χ1) is 15.6. The fourth-order valence-electron chi connectivity index (χ4n) is 3.66. The molecule has 2 amide bonds. The number of hydrogen-bond acceptors (Lipinski definition) is 7. The summed E-state index contributed by atoms with van der Waals surface area (Å²) in [6.45, 7) is 6.12. The summed E-state index contributed by atoms with van der Waals surface area (Å²) < 4.78 is 1.58. The van der Waals surface area contributed by atoms with E-state index in [2.05, 4.69) is 15.4 Å². The van der Waals surface area contributed by atoms with E-state index >= 15 is 0 Å². The van der Waals surface area contributed by atoms with E-state index in [1.54, 1.807) is 17.9 Å². The fraction of sp³-hybridized carbons (Fsp3) is 0.261. The molecule has 0 saturated carbocycles. The first-order valence-corrected chi connectivity index (χ1v) is 12.2. The highest BCUT2D eigenvalue weighted by molar-refractivity contribution is 7.98. The molecular weight excluding hydrogens is 456 g/mol. The van der Waals surface area contributed by atoms with Crippen LogP contribution in [0.2, 0.25) is 0 Å². The van der Waals surface area contributed by atoms with E-state index in [0.717, 1.165) is 16.5 Å². The molecule has 170 valence electrons. The van der Waals surface area contributed by atoms with Gasteiger partial charge < -0.3 is 11.1 Å². The lowest BCUT2D eigenvalue weighted by Gasteiger charge is -2.20. The Balaban J connectivity index is 1.88. The smallest absolute Gasteiger partial charge is 0.259 e. The van der Waals surface area contributed by atoms with E-state index in [1.807, 2.05) is 51.3 Å². The van der Waals surface area contributed by atoms with E-state index in [1.165, 1.54) is 29.3 Å². The molecule has 3 heterocycles. The Morgan fingerprint density at radius 1 is 1.21 bits per heavy atom. The van der Waals surface area contributed by atoms with Crippen molar-refractivity contribution in [2.24, 2.45) is 12.8 Å². The van der Waals surface area contributed by atoms with Crippen molar-refractivity contribution in [3.05, 3.63) is 52.7 Å². The second kappa shape index (κ2) is 8.60. The number of anilines is 1. The van der Waals surface area contributed by atoms with Crippen LogP contribution >= 0.6 is 23.1 Å².